The predicted molar refractivity (Wildman–Crippen MR) is 73.9 cm³/mol. The molecule has 4 nitrogen and oxygen atoms in total. The minimum atomic E-state index is -0.631. The maximum absolute atomic E-state index is 12.1. The number of hydrogen-bond acceptors (Lipinski definition) is 4. The molecule has 21 heavy (non-hydrogen) atoms. The van der Waals surface area contributed by atoms with Crippen molar-refractivity contribution in [2.75, 3.05) is 7.11 Å². The minimum absolute atomic E-state index is 0. The fourth-order valence-electron chi connectivity index (χ4n) is 2.06. The number of para-hydroxylation sites is 1. The van der Waals surface area contributed by atoms with E-state index < -0.39 is 11.2 Å². The number of benzene rings is 2. The van der Waals surface area contributed by atoms with Gasteiger partial charge in [0.25, 0.3) is 0 Å². The number of hydrogen-bond donors (Lipinski definition) is 0. The van der Waals surface area contributed by atoms with Crippen LogP contribution in [0.4, 0.5) is 0 Å². The van der Waals surface area contributed by atoms with E-state index in [1.165, 1.54) is 0 Å². The Kier molecular flexibility index (Phi) is 5.24. The third kappa shape index (κ3) is 3.07. The fraction of sp³-hybridized carbons (Fsp3) is 0.0625. The maximum atomic E-state index is 12.1. The van der Waals surface area contributed by atoms with Gasteiger partial charge in [-0.3, -0.25) is 4.79 Å². The molecule has 100 valence electrons. The third-order valence-corrected chi connectivity index (χ3v) is 3.11. The first-order chi connectivity index (χ1) is 9.70. The molecule has 0 aliphatic rings. The molecule has 0 amide bonds. The van der Waals surface area contributed by atoms with Gasteiger partial charge in [0.2, 0.25) is 0 Å². The van der Waals surface area contributed by atoms with Crippen LogP contribution in [0.25, 0.3) is 22.3 Å². The van der Waals surface area contributed by atoms with Crippen LogP contribution in [0.15, 0.2) is 57.7 Å². The van der Waals surface area contributed by atoms with Crippen LogP contribution < -0.4 is 66.7 Å². The van der Waals surface area contributed by atoms with Crippen LogP contribution >= 0.6 is 0 Å². The third-order valence-electron chi connectivity index (χ3n) is 3.11. The molecule has 3 rings (SSSR count). The van der Waals surface area contributed by atoms with Gasteiger partial charge >= 0.3 is 51.4 Å². The fourth-order valence-corrected chi connectivity index (χ4v) is 2.06. The monoisotopic (exact) mass is 306 g/mol. The summed E-state index contributed by atoms with van der Waals surface area (Å²) in [5.41, 5.74) is 0.416. The van der Waals surface area contributed by atoms with E-state index >= 15 is 0 Å². The van der Waals surface area contributed by atoms with Gasteiger partial charge in [-0.05, 0) is 42.1 Å². The Morgan fingerprint density at radius 2 is 1.71 bits per heavy atom. The Hall–Kier alpha value is -1.11. The van der Waals surface area contributed by atoms with E-state index in [-0.39, 0.29) is 57.1 Å². The molecule has 3 aromatic rings. The summed E-state index contributed by atoms with van der Waals surface area (Å²) in [6.45, 7) is 0. The predicted octanol–water partition coefficient (Wildman–Crippen LogP) is -0.454. The van der Waals surface area contributed by atoms with Crippen molar-refractivity contribution in [2.45, 2.75) is 0 Å². The van der Waals surface area contributed by atoms with Crippen molar-refractivity contribution in [1.82, 2.24) is 0 Å². The average Bonchev–Trinajstić information content (AvgIpc) is 2.51. The second-order valence-electron chi connectivity index (χ2n) is 4.31. The summed E-state index contributed by atoms with van der Waals surface area (Å²) in [6, 6.07) is 13.5. The zero-order chi connectivity index (χ0) is 14.1. The SMILES string of the molecule is COc1ccc(-c2oc3ccccc3c(=O)c2[O-])cc1.[K+]. The van der Waals surface area contributed by atoms with Crippen molar-refractivity contribution in [3.8, 4) is 22.8 Å². The number of rotatable bonds is 2. The van der Waals surface area contributed by atoms with Crippen LogP contribution in [0.1, 0.15) is 0 Å². The summed E-state index contributed by atoms with van der Waals surface area (Å²) in [6.07, 6.45) is 0. The zero-order valence-electron chi connectivity index (χ0n) is 11.8. The van der Waals surface area contributed by atoms with Crippen molar-refractivity contribution in [2.24, 2.45) is 0 Å². The minimum Gasteiger partial charge on any atom is -0.867 e. The maximum Gasteiger partial charge on any atom is 1.00 e. The van der Waals surface area contributed by atoms with Gasteiger partial charge in [0.05, 0.1) is 12.5 Å². The zero-order valence-corrected chi connectivity index (χ0v) is 14.9. The Labute approximate surface area is 163 Å². The van der Waals surface area contributed by atoms with Crippen LogP contribution in [-0.4, -0.2) is 7.11 Å². The molecule has 0 spiro atoms. The van der Waals surface area contributed by atoms with E-state index in [4.69, 9.17) is 9.15 Å². The molecule has 0 radical (unpaired) electrons. The summed E-state index contributed by atoms with van der Waals surface area (Å²) in [7, 11) is 1.56. The molecule has 0 N–H and O–H groups in total. The Balaban J connectivity index is 0.00000161. The Morgan fingerprint density at radius 1 is 1.05 bits per heavy atom. The molecule has 0 saturated carbocycles. The number of ether oxygens (including phenoxy) is 1. The summed E-state index contributed by atoms with van der Waals surface area (Å²) in [4.78, 5) is 12.0. The van der Waals surface area contributed by atoms with Gasteiger partial charge in [0.1, 0.15) is 17.1 Å². The van der Waals surface area contributed by atoms with E-state index in [2.05, 4.69) is 0 Å². The molecule has 0 unspecified atom stereocenters. The standard InChI is InChI=1S/C16H12O4.K/c1-19-11-8-6-10(7-9-11)16-15(18)14(17)12-4-2-3-5-13(12)20-16;/h2-9,18H,1H3;/q;+1/p-1. The molecular formula is C16H11KO4. The van der Waals surface area contributed by atoms with Gasteiger partial charge in [0.15, 0.2) is 5.43 Å². The van der Waals surface area contributed by atoms with Gasteiger partial charge in [0, 0.05) is 5.56 Å². The van der Waals surface area contributed by atoms with E-state index in [9.17, 15) is 9.90 Å². The van der Waals surface area contributed by atoms with Crippen molar-refractivity contribution >= 4 is 11.0 Å². The van der Waals surface area contributed by atoms with Gasteiger partial charge in [-0.1, -0.05) is 12.1 Å². The van der Waals surface area contributed by atoms with Gasteiger partial charge in [-0.15, -0.1) is 0 Å². The largest absolute Gasteiger partial charge is 1.00 e. The molecule has 1 heterocycles. The number of fused-ring (bicyclic) bond motifs is 1. The summed E-state index contributed by atoms with van der Waals surface area (Å²) in [5, 5.41) is 12.4. The molecule has 0 aliphatic carbocycles. The Morgan fingerprint density at radius 3 is 2.38 bits per heavy atom. The molecule has 0 fully saturated rings. The van der Waals surface area contributed by atoms with Gasteiger partial charge in [-0.2, -0.15) is 0 Å². The van der Waals surface area contributed by atoms with E-state index in [1.54, 1.807) is 55.6 Å². The van der Waals surface area contributed by atoms with E-state index in [0.717, 1.165) is 0 Å². The molecule has 5 heteroatoms. The second-order valence-corrected chi connectivity index (χ2v) is 4.31. The normalized spacial score (nSPS) is 10.1. The topological polar surface area (TPSA) is 62.5 Å². The van der Waals surface area contributed by atoms with Gasteiger partial charge < -0.3 is 14.3 Å². The van der Waals surface area contributed by atoms with Crippen LogP contribution in [0.3, 0.4) is 0 Å². The molecular weight excluding hydrogens is 295 g/mol. The van der Waals surface area contributed by atoms with Crippen LogP contribution in [0.2, 0.25) is 0 Å². The molecule has 1 aromatic heterocycles. The summed E-state index contributed by atoms with van der Waals surface area (Å²) < 4.78 is 10.6. The van der Waals surface area contributed by atoms with Crippen molar-refractivity contribution in [1.29, 1.82) is 0 Å². The molecule has 0 aliphatic heterocycles. The first-order valence-electron chi connectivity index (χ1n) is 6.08. The van der Waals surface area contributed by atoms with Crippen molar-refractivity contribution < 1.29 is 65.6 Å². The smallest absolute Gasteiger partial charge is 0.867 e. The average molecular weight is 306 g/mol. The van der Waals surface area contributed by atoms with Gasteiger partial charge in [-0.25, -0.2) is 0 Å². The molecule has 0 bridgehead atoms. The molecule has 0 atom stereocenters. The van der Waals surface area contributed by atoms with Crippen molar-refractivity contribution in [3.05, 3.63) is 58.8 Å². The summed E-state index contributed by atoms with van der Waals surface area (Å²) >= 11 is 0. The quantitative estimate of drug-likeness (QED) is 0.602. The first-order valence-corrected chi connectivity index (χ1v) is 6.08. The molecule has 2 aromatic carbocycles. The second kappa shape index (κ2) is 6.76. The van der Waals surface area contributed by atoms with Crippen LogP contribution in [0, 0.1) is 0 Å². The van der Waals surface area contributed by atoms with Crippen molar-refractivity contribution in [3.63, 3.8) is 0 Å². The van der Waals surface area contributed by atoms with E-state index in [0.29, 0.717) is 22.3 Å². The Bertz CT molecular complexity index is 822. The number of methoxy groups -OCH3 is 1. The molecule has 0 saturated heterocycles. The first kappa shape index (κ1) is 16.3. The van der Waals surface area contributed by atoms with E-state index in [1.807, 2.05) is 0 Å². The summed E-state index contributed by atoms with van der Waals surface area (Å²) in [5.74, 6) is 0.0922. The van der Waals surface area contributed by atoms with Crippen LogP contribution in [0.5, 0.6) is 11.5 Å². The van der Waals surface area contributed by atoms with Crippen LogP contribution in [-0.2, 0) is 0 Å².